The summed E-state index contributed by atoms with van der Waals surface area (Å²) in [4.78, 5) is 26.1. The van der Waals surface area contributed by atoms with Crippen molar-refractivity contribution >= 4 is 33.2 Å². The highest BCUT2D eigenvalue weighted by molar-refractivity contribution is 7.89. The molecular formula is C23H27N3O7S. The van der Waals surface area contributed by atoms with E-state index in [-0.39, 0.29) is 36.2 Å². The van der Waals surface area contributed by atoms with Crippen LogP contribution in [0.2, 0.25) is 0 Å². The summed E-state index contributed by atoms with van der Waals surface area (Å²) in [5.41, 5.74) is 1.03. The van der Waals surface area contributed by atoms with Crippen LogP contribution in [0.25, 0.3) is 0 Å². The van der Waals surface area contributed by atoms with E-state index in [0.29, 0.717) is 37.6 Å². The van der Waals surface area contributed by atoms with Gasteiger partial charge in [-0.15, -0.1) is 0 Å². The fourth-order valence-corrected chi connectivity index (χ4v) is 5.48. The van der Waals surface area contributed by atoms with Gasteiger partial charge >= 0.3 is 0 Å². The molecule has 2 saturated heterocycles. The molecule has 10 nitrogen and oxygen atoms in total. The summed E-state index contributed by atoms with van der Waals surface area (Å²) in [6.07, 6.45) is 1.34. The molecule has 0 aliphatic carbocycles. The maximum Gasteiger partial charge on any atom is 0.262 e. The minimum atomic E-state index is -3.82. The second kappa shape index (κ2) is 10.4. The maximum atomic E-state index is 13.1. The largest absolute Gasteiger partial charge is 0.495 e. The van der Waals surface area contributed by atoms with E-state index in [9.17, 15) is 18.0 Å². The van der Waals surface area contributed by atoms with E-state index in [0.717, 1.165) is 12.1 Å². The lowest BCUT2D eigenvalue weighted by Gasteiger charge is -2.26. The van der Waals surface area contributed by atoms with Crippen LogP contribution in [0.5, 0.6) is 11.5 Å². The fraction of sp³-hybridized carbons (Fsp3) is 0.391. The first kappa shape index (κ1) is 24.0. The number of sulfonamides is 1. The summed E-state index contributed by atoms with van der Waals surface area (Å²) in [5.74, 6) is 0.256. The molecule has 0 atom stereocenters. The summed E-state index contributed by atoms with van der Waals surface area (Å²) >= 11 is 0. The third-order valence-electron chi connectivity index (χ3n) is 5.61. The Labute approximate surface area is 198 Å². The summed E-state index contributed by atoms with van der Waals surface area (Å²) in [5, 5.41) is 2.66. The monoisotopic (exact) mass is 489 g/mol. The third kappa shape index (κ3) is 5.32. The van der Waals surface area contributed by atoms with Crippen molar-refractivity contribution in [2.45, 2.75) is 17.7 Å². The number of ether oxygens (including phenoxy) is 3. The normalized spacial score (nSPS) is 17.0. The van der Waals surface area contributed by atoms with Gasteiger partial charge in [-0.25, -0.2) is 8.42 Å². The number of anilines is 2. The number of morpholine rings is 1. The van der Waals surface area contributed by atoms with Crippen molar-refractivity contribution in [3.8, 4) is 11.5 Å². The number of rotatable bonds is 8. The second-order valence-corrected chi connectivity index (χ2v) is 9.77. The average molecular weight is 490 g/mol. The highest BCUT2D eigenvalue weighted by Gasteiger charge is 2.29. The number of nitrogens with one attached hydrogen (secondary N) is 1. The van der Waals surface area contributed by atoms with E-state index in [2.05, 4.69) is 5.32 Å². The molecule has 2 fully saturated rings. The minimum absolute atomic E-state index is 0.0291. The predicted molar refractivity (Wildman–Crippen MR) is 125 cm³/mol. The minimum Gasteiger partial charge on any atom is -0.495 e. The van der Waals surface area contributed by atoms with E-state index < -0.39 is 15.9 Å². The SMILES string of the molecule is COc1ccc(NC(=O)COc2cccc(N3CCCC3=O)c2)cc1S(=O)(=O)N1CCOCC1. The van der Waals surface area contributed by atoms with Gasteiger partial charge in [-0.3, -0.25) is 9.59 Å². The standard InChI is InChI=1S/C23H27N3O7S/c1-31-20-8-7-17(14-21(20)34(29,30)25-10-12-32-13-11-25)24-22(27)16-33-19-5-2-4-18(15-19)26-9-3-6-23(26)28/h2,4-5,7-8,14-15H,3,6,9-13,16H2,1H3,(H,24,27). The van der Waals surface area contributed by atoms with Crippen molar-refractivity contribution in [1.82, 2.24) is 4.31 Å². The smallest absolute Gasteiger partial charge is 0.262 e. The molecule has 2 aromatic carbocycles. The van der Waals surface area contributed by atoms with Crippen LogP contribution < -0.4 is 19.7 Å². The Morgan fingerprint density at radius 2 is 1.91 bits per heavy atom. The number of carbonyl (C=O) groups is 2. The lowest BCUT2D eigenvalue weighted by Crippen LogP contribution is -2.40. The zero-order valence-electron chi connectivity index (χ0n) is 18.9. The molecule has 2 aliphatic rings. The van der Waals surface area contributed by atoms with Gasteiger partial charge in [0.05, 0.1) is 20.3 Å². The molecule has 34 heavy (non-hydrogen) atoms. The number of carbonyl (C=O) groups excluding carboxylic acids is 2. The van der Waals surface area contributed by atoms with Crippen LogP contribution in [0.15, 0.2) is 47.4 Å². The van der Waals surface area contributed by atoms with Gasteiger partial charge in [-0.1, -0.05) is 6.07 Å². The van der Waals surface area contributed by atoms with E-state index >= 15 is 0 Å². The second-order valence-electron chi connectivity index (χ2n) is 7.87. The van der Waals surface area contributed by atoms with Crippen LogP contribution >= 0.6 is 0 Å². The van der Waals surface area contributed by atoms with Crippen LogP contribution in [0.3, 0.4) is 0 Å². The lowest BCUT2D eigenvalue weighted by atomic mass is 10.3. The average Bonchev–Trinajstić information content (AvgIpc) is 3.29. The van der Waals surface area contributed by atoms with Crippen molar-refractivity contribution in [2.75, 3.05) is 56.8 Å². The molecule has 11 heteroatoms. The molecule has 2 aliphatic heterocycles. The molecule has 1 N–H and O–H groups in total. The summed E-state index contributed by atoms with van der Waals surface area (Å²) in [6, 6.07) is 11.5. The zero-order valence-corrected chi connectivity index (χ0v) is 19.7. The van der Waals surface area contributed by atoms with E-state index in [1.165, 1.54) is 23.5 Å². The topological polar surface area (TPSA) is 114 Å². The molecule has 0 spiro atoms. The van der Waals surface area contributed by atoms with Gasteiger partial charge in [0.25, 0.3) is 5.91 Å². The Kier molecular flexibility index (Phi) is 7.35. The number of methoxy groups -OCH3 is 1. The van der Waals surface area contributed by atoms with Crippen molar-refractivity contribution < 1.29 is 32.2 Å². The number of amides is 2. The van der Waals surface area contributed by atoms with Crippen molar-refractivity contribution in [2.24, 2.45) is 0 Å². The first-order chi connectivity index (χ1) is 16.4. The van der Waals surface area contributed by atoms with E-state index in [1.807, 2.05) is 6.07 Å². The van der Waals surface area contributed by atoms with Gasteiger partial charge in [-0.05, 0) is 36.8 Å². The first-order valence-corrected chi connectivity index (χ1v) is 12.4. The molecule has 4 rings (SSSR count). The van der Waals surface area contributed by atoms with Crippen LogP contribution in [-0.2, 0) is 24.3 Å². The Bertz CT molecular complexity index is 1160. The van der Waals surface area contributed by atoms with Crippen molar-refractivity contribution in [3.05, 3.63) is 42.5 Å². The number of nitrogens with zero attached hydrogens (tertiary/aromatic N) is 2. The predicted octanol–water partition coefficient (Wildman–Crippen LogP) is 1.86. The fourth-order valence-electron chi connectivity index (χ4n) is 3.89. The molecule has 0 aromatic heterocycles. The highest BCUT2D eigenvalue weighted by Crippen LogP contribution is 2.30. The van der Waals surface area contributed by atoms with Gasteiger partial charge in [0, 0.05) is 43.5 Å². The van der Waals surface area contributed by atoms with Crippen LogP contribution in [0.1, 0.15) is 12.8 Å². The van der Waals surface area contributed by atoms with Crippen LogP contribution in [-0.4, -0.2) is 71.1 Å². The number of hydrogen-bond acceptors (Lipinski definition) is 7. The summed E-state index contributed by atoms with van der Waals surface area (Å²) < 4.78 is 43.6. The zero-order chi connectivity index (χ0) is 24.1. The molecule has 0 bridgehead atoms. The third-order valence-corrected chi connectivity index (χ3v) is 7.53. The number of benzene rings is 2. The summed E-state index contributed by atoms with van der Waals surface area (Å²) in [6.45, 7) is 1.52. The van der Waals surface area contributed by atoms with Gasteiger partial charge in [-0.2, -0.15) is 4.31 Å². The molecule has 0 saturated carbocycles. The molecular weight excluding hydrogens is 462 g/mol. The quantitative estimate of drug-likeness (QED) is 0.602. The van der Waals surface area contributed by atoms with Crippen LogP contribution in [0.4, 0.5) is 11.4 Å². The molecule has 2 amide bonds. The highest BCUT2D eigenvalue weighted by atomic mass is 32.2. The Hall–Kier alpha value is -3.15. The van der Waals surface area contributed by atoms with E-state index in [4.69, 9.17) is 14.2 Å². The lowest BCUT2D eigenvalue weighted by molar-refractivity contribution is -0.118. The van der Waals surface area contributed by atoms with Crippen molar-refractivity contribution in [3.63, 3.8) is 0 Å². The van der Waals surface area contributed by atoms with Gasteiger partial charge in [0.1, 0.15) is 16.4 Å². The maximum absolute atomic E-state index is 13.1. The molecule has 2 aromatic rings. The van der Waals surface area contributed by atoms with Gasteiger partial charge in [0.15, 0.2) is 6.61 Å². The number of hydrogen-bond donors (Lipinski definition) is 1. The Morgan fingerprint density at radius 1 is 1.12 bits per heavy atom. The molecule has 0 radical (unpaired) electrons. The van der Waals surface area contributed by atoms with Crippen molar-refractivity contribution in [1.29, 1.82) is 0 Å². The van der Waals surface area contributed by atoms with Crippen LogP contribution in [0, 0.1) is 0 Å². The Balaban J connectivity index is 1.42. The summed E-state index contributed by atoms with van der Waals surface area (Å²) in [7, 11) is -2.43. The van der Waals surface area contributed by atoms with Gasteiger partial charge in [0.2, 0.25) is 15.9 Å². The van der Waals surface area contributed by atoms with E-state index in [1.54, 1.807) is 29.2 Å². The molecule has 2 heterocycles. The molecule has 0 unspecified atom stereocenters. The first-order valence-electron chi connectivity index (χ1n) is 11.0. The Morgan fingerprint density at radius 3 is 2.62 bits per heavy atom. The molecule has 182 valence electrons. The van der Waals surface area contributed by atoms with Gasteiger partial charge < -0.3 is 24.4 Å².